The molecule has 3 aromatic heterocycles. The molecule has 1 N–H and O–H groups in total. The fourth-order valence-corrected chi connectivity index (χ4v) is 3.66. The molecule has 3 rings (SSSR count). The quantitative estimate of drug-likeness (QED) is 0.554. The van der Waals surface area contributed by atoms with Gasteiger partial charge in [0.25, 0.3) is 5.26 Å². The molecule has 0 amide bonds. The summed E-state index contributed by atoms with van der Waals surface area (Å²) in [5.74, 6) is -0.847. The standard InChI is InChI=1S/C12H6F4N2O2S2/c1-20-10(19)6-5(7-9(17-6)18-11(13)22-7)4-2-3-21-8(4)12(14,15)16/h2-3,17H,1H3. The van der Waals surface area contributed by atoms with Gasteiger partial charge in [0.2, 0.25) is 0 Å². The smallest absolute Gasteiger partial charge is 0.426 e. The van der Waals surface area contributed by atoms with Crippen LogP contribution in [0.2, 0.25) is 0 Å². The summed E-state index contributed by atoms with van der Waals surface area (Å²) in [6, 6.07) is 1.24. The van der Waals surface area contributed by atoms with E-state index >= 15 is 0 Å². The first kappa shape index (κ1) is 15.0. The van der Waals surface area contributed by atoms with E-state index < -0.39 is 22.3 Å². The lowest BCUT2D eigenvalue weighted by Gasteiger charge is -2.08. The molecule has 0 aliphatic heterocycles. The highest BCUT2D eigenvalue weighted by molar-refractivity contribution is 7.17. The van der Waals surface area contributed by atoms with E-state index in [1.807, 2.05) is 0 Å². The lowest BCUT2D eigenvalue weighted by molar-refractivity contribution is -0.133. The van der Waals surface area contributed by atoms with Crippen molar-refractivity contribution in [3.05, 3.63) is 27.3 Å². The number of carbonyl (C=O) groups excluding carboxylic acids is 1. The number of H-pyrrole nitrogens is 1. The number of methoxy groups -OCH3 is 1. The minimum Gasteiger partial charge on any atom is -0.464 e. The number of ether oxygens (including phenoxy) is 1. The van der Waals surface area contributed by atoms with Crippen molar-refractivity contribution in [3.8, 4) is 11.1 Å². The van der Waals surface area contributed by atoms with E-state index in [0.29, 0.717) is 22.7 Å². The van der Waals surface area contributed by atoms with Crippen LogP contribution in [0.5, 0.6) is 0 Å². The second-order valence-electron chi connectivity index (χ2n) is 4.17. The van der Waals surface area contributed by atoms with Crippen LogP contribution in [0.4, 0.5) is 17.6 Å². The minimum absolute atomic E-state index is 0.0113. The van der Waals surface area contributed by atoms with Crippen molar-refractivity contribution in [1.82, 2.24) is 9.97 Å². The van der Waals surface area contributed by atoms with E-state index in [4.69, 9.17) is 0 Å². The summed E-state index contributed by atoms with van der Waals surface area (Å²) in [5.41, 5.74) is -0.415. The van der Waals surface area contributed by atoms with Gasteiger partial charge < -0.3 is 9.72 Å². The predicted molar refractivity (Wildman–Crippen MR) is 73.6 cm³/mol. The van der Waals surface area contributed by atoms with Gasteiger partial charge in [0.15, 0.2) is 5.65 Å². The molecular weight excluding hydrogens is 344 g/mol. The Bertz CT molecular complexity index is 862. The van der Waals surface area contributed by atoms with Gasteiger partial charge in [0.05, 0.1) is 11.8 Å². The maximum absolute atomic E-state index is 13.3. The highest BCUT2D eigenvalue weighted by atomic mass is 32.1. The molecule has 22 heavy (non-hydrogen) atoms. The summed E-state index contributed by atoms with van der Waals surface area (Å²) in [6.45, 7) is 0. The molecule has 3 aromatic rings. The zero-order valence-electron chi connectivity index (χ0n) is 10.7. The number of nitrogens with zero attached hydrogens (tertiary/aromatic N) is 1. The van der Waals surface area contributed by atoms with Gasteiger partial charge in [-0.05, 0) is 11.4 Å². The third kappa shape index (κ3) is 2.28. The molecule has 0 saturated carbocycles. The zero-order chi connectivity index (χ0) is 16.1. The van der Waals surface area contributed by atoms with Crippen LogP contribution in [0.1, 0.15) is 15.4 Å². The molecule has 116 valence electrons. The van der Waals surface area contributed by atoms with Crippen molar-refractivity contribution in [1.29, 1.82) is 0 Å². The molecule has 0 unspecified atom stereocenters. The molecule has 10 heteroatoms. The van der Waals surface area contributed by atoms with Gasteiger partial charge in [0, 0.05) is 11.1 Å². The number of aromatic amines is 1. The van der Waals surface area contributed by atoms with Gasteiger partial charge >= 0.3 is 12.1 Å². The van der Waals surface area contributed by atoms with Crippen molar-refractivity contribution in [2.75, 3.05) is 7.11 Å². The van der Waals surface area contributed by atoms with E-state index in [2.05, 4.69) is 14.7 Å². The second kappa shape index (κ2) is 5.06. The normalized spacial score (nSPS) is 12.0. The second-order valence-corrected chi connectivity index (χ2v) is 6.04. The summed E-state index contributed by atoms with van der Waals surface area (Å²) in [7, 11) is 1.10. The fourth-order valence-electron chi connectivity index (χ4n) is 2.08. The monoisotopic (exact) mass is 350 g/mol. The Labute approximate surface area is 128 Å². The molecule has 0 atom stereocenters. The van der Waals surface area contributed by atoms with E-state index in [9.17, 15) is 22.4 Å². The maximum atomic E-state index is 13.3. The highest BCUT2D eigenvalue weighted by Gasteiger charge is 2.37. The van der Waals surface area contributed by atoms with E-state index in [-0.39, 0.29) is 27.2 Å². The average molecular weight is 350 g/mol. The van der Waals surface area contributed by atoms with Gasteiger partial charge in [-0.15, -0.1) is 11.3 Å². The van der Waals surface area contributed by atoms with Gasteiger partial charge in [0.1, 0.15) is 10.6 Å². The van der Waals surface area contributed by atoms with Crippen molar-refractivity contribution >= 4 is 39.0 Å². The summed E-state index contributed by atoms with van der Waals surface area (Å²) < 4.78 is 57.3. The molecule has 0 fully saturated rings. The van der Waals surface area contributed by atoms with Crippen LogP contribution in [-0.4, -0.2) is 23.0 Å². The number of rotatable bonds is 2. The summed E-state index contributed by atoms with van der Waals surface area (Å²) >= 11 is 1.06. The number of fused-ring (bicyclic) bond motifs is 1. The Morgan fingerprint density at radius 3 is 2.77 bits per heavy atom. The zero-order valence-corrected chi connectivity index (χ0v) is 12.4. The molecule has 4 nitrogen and oxygen atoms in total. The van der Waals surface area contributed by atoms with Crippen molar-refractivity contribution in [3.63, 3.8) is 0 Å². The van der Waals surface area contributed by atoms with Crippen LogP contribution in [-0.2, 0) is 10.9 Å². The van der Waals surface area contributed by atoms with Gasteiger partial charge in [-0.25, -0.2) is 4.79 Å². The molecular formula is C12H6F4N2O2S2. The minimum atomic E-state index is -4.58. The molecule has 0 aromatic carbocycles. The fraction of sp³-hybridized carbons (Fsp3) is 0.167. The number of esters is 1. The predicted octanol–water partition coefficient (Wildman–Crippen LogP) is 4.30. The molecule has 0 spiro atoms. The Balaban J connectivity index is 2.33. The number of aromatic nitrogens is 2. The molecule has 0 radical (unpaired) electrons. The number of halogens is 4. The van der Waals surface area contributed by atoms with E-state index in [1.54, 1.807) is 0 Å². The first-order chi connectivity index (χ1) is 10.3. The van der Waals surface area contributed by atoms with Crippen LogP contribution < -0.4 is 0 Å². The molecule has 0 aliphatic carbocycles. The van der Waals surface area contributed by atoms with Crippen molar-refractivity contribution in [2.24, 2.45) is 0 Å². The largest absolute Gasteiger partial charge is 0.464 e. The lowest BCUT2D eigenvalue weighted by atomic mass is 10.1. The number of alkyl halides is 3. The summed E-state index contributed by atoms with van der Waals surface area (Å²) in [5, 5.41) is 0.456. The first-order valence-corrected chi connectivity index (χ1v) is 7.44. The topological polar surface area (TPSA) is 55.0 Å². The molecule has 0 bridgehead atoms. The Hall–Kier alpha value is -1.94. The average Bonchev–Trinajstić information content (AvgIpc) is 3.09. The lowest BCUT2D eigenvalue weighted by Crippen LogP contribution is -2.07. The van der Waals surface area contributed by atoms with Crippen molar-refractivity contribution < 1.29 is 27.1 Å². The van der Waals surface area contributed by atoms with Gasteiger partial charge in [-0.2, -0.15) is 22.5 Å². The molecule has 0 saturated heterocycles. The number of hydrogen-bond acceptors (Lipinski definition) is 5. The Kier molecular flexibility index (Phi) is 3.44. The summed E-state index contributed by atoms with van der Waals surface area (Å²) in [6.07, 6.45) is -4.58. The highest BCUT2D eigenvalue weighted by Crippen LogP contribution is 2.45. The summed E-state index contributed by atoms with van der Waals surface area (Å²) in [4.78, 5) is 17.0. The number of nitrogens with one attached hydrogen (secondary N) is 1. The third-order valence-corrected chi connectivity index (χ3v) is 4.72. The number of thiazole rings is 1. The van der Waals surface area contributed by atoms with Gasteiger partial charge in [-0.1, -0.05) is 11.3 Å². The van der Waals surface area contributed by atoms with E-state index in [0.717, 1.165) is 7.11 Å². The van der Waals surface area contributed by atoms with Crippen LogP contribution >= 0.6 is 22.7 Å². The van der Waals surface area contributed by atoms with Gasteiger partial charge in [-0.3, -0.25) is 0 Å². The van der Waals surface area contributed by atoms with Crippen LogP contribution in [0.3, 0.4) is 0 Å². The third-order valence-electron chi connectivity index (χ3n) is 2.90. The van der Waals surface area contributed by atoms with Crippen LogP contribution in [0.15, 0.2) is 11.4 Å². The number of hydrogen-bond donors (Lipinski definition) is 1. The number of carbonyl (C=O) groups is 1. The molecule has 3 heterocycles. The molecule has 0 aliphatic rings. The first-order valence-electron chi connectivity index (χ1n) is 5.74. The maximum Gasteiger partial charge on any atom is 0.426 e. The van der Waals surface area contributed by atoms with Crippen LogP contribution in [0.25, 0.3) is 21.5 Å². The Morgan fingerprint density at radius 1 is 1.41 bits per heavy atom. The van der Waals surface area contributed by atoms with Crippen LogP contribution in [0, 0.1) is 5.26 Å². The van der Waals surface area contributed by atoms with Crippen molar-refractivity contribution in [2.45, 2.75) is 6.18 Å². The van der Waals surface area contributed by atoms with E-state index in [1.165, 1.54) is 11.4 Å². The Morgan fingerprint density at radius 2 is 2.14 bits per heavy atom. The number of thiophene rings is 1. The SMILES string of the molecule is COC(=O)c1[nH]c2nc(F)sc2c1-c1ccsc1C(F)(F)F.